The van der Waals surface area contributed by atoms with Gasteiger partial charge in [-0.15, -0.1) is 0 Å². The molecule has 1 atom stereocenters. The van der Waals surface area contributed by atoms with E-state index < -0.39 is 5.60 Å². The lowest BCUT2D eigenvalue weighted by Gasteiger charge is -2.32. The van der Waals surface area contributed by atoms with Crippen molar-refractivity contribution in [3.05, 3.63) is 65.0 Å². The zero-order valence-corrected chi connectivity index (χ0v) is 12.1. The quantitative estimate of drug-likeness (QED) is 0.921. The molecule has 1 N–H and O–H groups in total. The maximum absolute atomic E-state index is 13.7. The van der Waals surface area contributed by atoms with Crippen LogP contribution < -0.4 is 4.74 Å². The molecule has 1 unspecified atom stereocenters. The minimum Gasteiger partial charge on any atom is -0.488 e. The van der Waals surface area contributed by atoms with Crippen molar-refractivity contribution in [2.24, 2.45) is 0 Å². The molecule has 0 saturated heterocycles. The van der Waals surface area contributed by atoms with Crippen molar-refractivity contribution in [2.45, 2.75) is 12.2 Å². The van der Waals surface area contributed by atoms with Crippen LogP contribution in [0.2, 0.25) is 0 Å². The highest BCUT2D eigenvalue weighted by atomic mass is 19.1. The number of likely N-dealkylation sites (N-methyl/N-ethyl adjacent to an activating group) is 1. The summed E-state index contributed by atoms with van der Waals surface area (Å²) in [7, 11) is 3.76. The summed E-state index contributed by atoms with van der Waals surface area (Å²) in [5, 5.41) is 11.4. The number of rotatable bonds is 2. The van der Waals surface area contributed by atoms with Gasteiger partial charge in [-0.3, -0.25) is 0 Å². The summed E-state index contributed by atoms with van der Waals surface area (Å²) in [5.41, 5.74) is 0.858. The highest BCUT2D eigenvalue weighted by molar-refractivity contribution is 5.49. The van der Waals surface area contributed by atoms with E-state index >= 15 is 0 Å². The normalized spacial score (nSPS) is 20.4. The number of fused-ring (bicyclic) bond motifs is 2. The molecule has 21 heavy (non-hydrogen) atoms. The molecule has 0 bridgehead atoms. The van der Waals surface area contributed by atoms with Crippen LogP contribution in [0.5, 0.6) is 5.75 Å². The van der Waals surface area contributed by atoms with Gasteiger partial charge in [0.2, 0.25) is 0 Å². The summed E-state index contributed by atoms with van der Waals surface area (Å²) < 4.78 is 19.5. The van der Waals surface area contributed by atoms with Crippen molar-refractivity contribution in [3.63, 3.8) is 0 Å². The summed E-state index contributed by atoms with van der Waals surface area (Å²) in [5.74, 6) is 0.144. The monoisotopic (exact) mass is 287 g/mol. The van der Waals surface area contributed by atoms with Gasteiger partial charge in [0.25, 0.3) is 0 Å². The number of hydrogen-bond acceptors (Lipinski definition) is 3. The van der Waals surface area contributed by atoms with E-state index in [0.29, 0.717) is 24.5 Å². The first kappa shape index (κ1) is 14.0. The molecule has 2 aromatic carbocycles. The first-order valence-corrected chi connectivity index (χ1v) is 6.89. The smallest absolute Gasteiger partial charge is 0.131 e. The molecule has 0 radical (unpaired) electrons. The van der Waals surface area contributed by atoms with Crippen molar-refractivity contribution in [3.8, 4) is 5.75 Å². The minimum absolute atomic E-state index is 0.351. The third-order valence-corrected chi connectivity index (χ3v) is 3.78. The second-order valence-electron chi connectivity index (χ2n) is 5.68. The molecule has 0 aromatic heterocycles. The number of nitrogens with zero attached hydrogens (tertiary/aromatic N) is 1. The molecule has 1 aliphatic rings. The van der Waals surface area contributed by atoms with E-state index in [-0.39, 0.29) is 5.82 Å². The Bertz CT molecular complexity index is 672. The Morgan fingerprint density at radius 1 is 1.19 bits per heavy atom. The molecule has 0 amide bonds. The fraction of sp³-hybridized carbons (Fsp3) is 0.294. The summed E-state index contributed by atoms with van der Waals surface area (Å²) in [6.45, 7) is 0.717. The Hall–Kier alpha value is -1.91. The topological polar surface area (TPSA) is 32.7 Å². The highest BCUT2D eigenvalue weighted by Crippen LogP contribution is 2.41. The van der Waals surface area contributed by atoms with Gasteiger partial charge in [0.1, 0.15) is 23.8 Å². The van der Waals surface area contributed by atoms with E-state index in [2.05, 4.69) is 0 Å². The lowest BCUT2D eigenvalue weighted by atomic mass is 9.83. The SMILES string of the molecule is CN(C)CC1(O)c2ccccc2COc2ccc(F)cc21. The lowest BCUT2D eigenvalue weighted by Crippen LogP contribution is -2.39. The molecule has 1 heterocycles. The van der Waals surface area contributed by atoms with Crippen molar-refractivity contribution in [1.82, 2.24) is 4.90 Å². The number of hydrogen-bond donors (Lipinski definition) is 1. The Morgan fingerprint density at radius 2 is 1.95 bits per heavy atom. The molecule has 3 rings (SSSR count). The molecule has 0 aliphatic carbocycles. The molecule has 110 valence electrons. The van der Waals surface area contributed by atoms with Gasteiger partial charge in [-0.25, -0.2) is 4.39 Å². The lowest BCUT2D eigenvalue weighted by molar-refractivity contribution is 0.0505. The summed E-state index contributed by atoms with van der Waals surface area (Å²) >= 11 is 0. The van der Waals surface area contributed by atoms with E-state index in [1.54, 1.807) is 6.07 Å². The molecule has 0 fully saturated rings. The molecule has 3 nitrogen and oxygen atoms in total. The Morgan fingerprint density at radius 3 is 2.71 bits per heavy atom. The predicted molar refractivity (Wildman–Crippen MR) is 78.7 cm³/mol. The van der Waals surface area contributed by atoms with Gasteiger partial charge in [0.15, 0.2) is 0 Å². The highest BCUT2D eigenvalue weighted by Gasteiger charge is 2.39. The number of benzene rings is 2. The van der Waals surface area contributed by atoms with Crippen LogP contribution in [-0.4, -0.2) is 30.6 Å². The average Bonchev–Trinajstić information content (AvgIpc) is 2.55. The summed E-state index contributed by atoms with van der Waals surface area (Å²) in [6, 6.07) is 11.9. The van der Waals surface area contributed by atoms with Gasteiger partial charge < -0.3 is 14.7 Å². The van der Waals surface area contributed by atoms with Gasteiger partial charge in [0.05, 0.1) is 0 Å². The molecule has 0 saturated carbocycles. The first-order chi connectivity index (χ1) is 10.0. The van der Waals surface area contributed by atoms with E-state index in [1.165, 1.54) is 12.1 Å². The number of ether oxygens (including phenoxy) is 1. The second kappa shape index (κ2) is 5.13. The van der Waals surface area contributed by atoms with Crippen molar-refractivity contribution >= 4 is 0 Å². The van der Waals surface area contributed by atoms with Gasteiger partial charge in [0, 0.05) is 12.1 Å². The van der Waals surface area contributed by atoms with E-state index in [9.17, 15) is 9.50 Å². The van der Waals surface area contributed by atoms with Gasteiger partial charge in [-0.05, 0) is 43.4 Å². The van der Waals surface area contributed by atoms with Crippen molar-refractivity contribution < 1.29 is 14.2 Å². The van der Waals surface area contributed by atoms with Crippen molar-refractivity contribution in [1.29, 1.82) is 0 Å². The summed E-state index contributed by atoms with van der Waals surface area (Å²) in [6.07, 6.45) is 0. The first-order valence-electron chi connectivity index (χ1n) is 6.89. The van der Waals surface area contributed by atoms with E-state index in [1.807, 2.05) is 43.3 Å². The van der Waals surface area contributed by atoms with Crippen LogP contribution >= 0.6 is 0 Å². The van der Waals surface area contributed by atoms with Gasteiger partial charge >= 0.3 is 0 Å². The number of halogens is 1. The molecule has 0 spiro atoms. The zero-order chi connectivity index (χ0) is 15.0. The van der Waals surface area contributed by atoms with Gasteiger partial charge in [-0.1, -0.05) is 24.3 Å². The summed E-state index contributed by atoms with van der Waals surface area (Å²) in [4.78, 5) is 1.89. The molecule has 1 aliphatic heterocycles. The van der Waals surface area contributed by atoms with Crippen LogP contribution in [0.1, 0.15) is 16.7 Å². The predicted octanol–water partition coefficient (Wildman–Crippen LogP) is 2.52. The maximum Gasteiger partial charge on any atom is 0.131 e. The largest absolute Gasteiger partial charge is 0.488 e. The van der Waals surface area contributed by atoms with Crippen LogP contribution in [0.4, 0.5) is 4.39 Å². The molecular formula is C17H18FNO2. The van der Waals surface area contributed by atoms with Crippen LogP contribution in [-0.2, 0) is 12.2 Å². The Balaban J connectivity index is 2.26. The fourth-order valence-electron chi connectivity index (χ4n) is 2.93. The van der Waals surface area contributed by atoms with Gasteiger partial charge in [-0.2, -0.15) is 0 Å². The van der Waals surface area contributed by atoms with Crippen LogP contribution in [0.15, 0.2) is 42.5 Å². The third kappa shape index (κ3) is 2.41. The van der Waals surface area contributed by atoms with Crippen LogP contribution in [0.3, 0.4) is 0 Å². The van der Waals surface area contributed by atoms with E-state index in [0.717, 1.165) is 11.1 Å². The fourth-order valence-corrected chi connectivity index (χ4v) is 2.93. The zero-order valence-electron chi connectivity index (χ0n) is 12.1. The molecule has 2 aromatic rings. The maximum atomic E-state index is 13.7. The van der Waals surface area contributed by atoms with Crippen LogP contribution in [0, 0.1) is 5.82 Å². The third-order valence-electron chi connectivity index (χ3n) is 3.78. The van der Waals surface area contributed by atoms with Crippen molar-refractivity contribution in [2.75, 3.05) is 20.6 Å². The second-order valence-corrected chi connectivity index (χ2v) is 5.68. The van der Waals surface area contributed by atoms with Crippen LogP contribution in [0.25, 0.3) is 0 Å². The number of aliphatic hydroxyl groups is 1. The molecule has 4 heteroatoms. The standard InChI is InChI=1S/C17H18FNO2/c1-19(2)11-17(20)14-6-4-3-5-12(14)10-21-16-8-7-13(18)9-15(16)17/h3-9,20H,10-11H2,1-2H3. The minimum atomic E-state index is -1.30. The van der Waals surface area contributed by atoms with E-state index in [4.69, 9.17) is 4.74 Å². The average molecular weight is 287 g/mol. The Labute approximate surface area is 123 Å². The molecular weight excluding hydrogens is 269 g/mol. The Kier molecular flexibility index (Phi) is 3.43.